The van der Waals surface area contributed by atoms with Crippen LogP contribution in [0.25, 0.3) is 0 Å². The van der Waals surface area contributed by atoms with Gasteiger partial charge in [0.15, 0.2) is 0 Å². The first-order valence-electron chi connectivity index (χ1n) is 8.09. The van der Waals surface area contributed by atoms with Crippen molar-refractivity contribution in [1.82, 2.24) is 5.32 Å². The zero-order valence-electron chi connectivity index (χ0n) is 13.6. The molecular weight excluding hydrogens is 324 g/mol. The van der Waals surface area contributed by atoms with Gasteiger partial charge in [0, 0.05) is 18.0 Å². The molecule has 1 aliphatic rings. The summed E-state index contributed by atoms with van der Waals surface area (Å²) in [7, 11) is 1.52. The molecule has 2 aromatic carbocycles. The van der Waals surface area contributed by atoms with Gasteiger partial charge in [0.25, 0.3) is 5.91 Å². The van der Waals surface area contributed by atoms with Gasteiger partial charge < -0.3 is 15.8 Å². The van der Waals surface area contributed by atoms with Crippen LogP contribution in [-0.4, -0.2) is 19.1 Å². The van der Waals surface area contributed by atoms with Gasteiger partial charge in [0.05, 0.1) is 23.4 Å². The van der Waals surface area contributed by atoms with E-state index in [4.69, 9.17) is 22.1 Å². The van der Waals surface area contributed by atoms with Gasteiger partial charge in [-0.15, -0.1) is 0 Å². The van der Waals surface area contributed by atoms with Gasteiger partial charge in [0.1, 0.15) is 5.75 Å². The summed E-state index contributed by atoms with van der Waals surface area (Å²) in [4.78, 5) is 12.7. The van der Waals surface area contributed by atoms with Crippen LogP contribution >= 0.6 is 11.6 Å². The van der Waals surface area contributed by atoms with Crippen molar-refractivity contribution in [2.24, 2.45) is 0 Å². The van der Waals surface area contributed by atoms with Crippen LogP contribution in [0.15, 0.2) is 42.5 Å². The van der Waals surface area contributed by atoms with Gasteiger partial charge in [-0.1, -0.05) is 48.4 Å². The van der Waals surface area contributed by atoms with E-state index in [-0.39, 0.29) is 11.9 Å². The summed E-state index contributed by atoms with van der Waals surface area (Å²) in [6.07, 6.45) is 3.15. The van der Waals surface area contributed by atoms with E-state index in [2.05, 4.69) is 17.4 Å². The number of carbonyl (C=O) groups is 1. The highest BCUT2D eigenvalue weighted by atomic mass is 35.5. The fourth-order valence-corrected chi connectivity index (χ4v) is 3.56. The first kappa shape index (κ1) is 16.7. The molecule has 1 saturated carbocycles. The highest BCUT2D eigenvalue weighted by molar-refractivity contribution is 6.33. The molecule has 4 nitrogen and oxygen atoms in total. The fraction of sp³-hybridized carbons (Fsp3) is 0.316. The largest absolute Gasteiger partial charge is 0.496 e. The summed E-state index contributed by atoms with van der Waals surface area (Å²) in [5, 5.41) is 3.50. The standard InChI is InChI=1S/C19H21ClN2O2/c1-24-18-11-16(21)15(20)10-14(18)19(23)22-17-9-5-8-13(17)12-6-3-2-4-7-12/h2-4,6-7,10-11,13,17H,5,8-9,21H2,1H3,(H,22,23). The second kappa shape index (κ2) is 7.14. The zero-order valence-corrected chi connectivity index (χ0v) is 14.3. The third kappa shape index (κ3) is 3.34. The number of hydrogen-bond acceptors (Lipinski definition) is 3. The molecule has 3 N–H and O–H groups in total. The van der Waals surface area contributed by atoms with E-state index < -0.39 is 0 Å². The molecule has 2 aromatic rings. The van der Waals surface area contributed by atoms with Crippen LogP contribution in [0, 0.1) is 0 Å². The quantitative estimate of drug-likeness (QED) is 0.824. The van der Waals surface area contributed by atoms with E-state index in [0.29, 0.717) is 27.9 Å². The molecule has 2 unspecified atom stereocenters. The monoisotopic (exact) mass is 344 g/mol. The molecule has 3 rings (SSSR count). The third-order valence-electron chi connectivity index (χ3n) is 4.62. The van der Waals surface area contributed by atoms with Crippen molar-refractivity contribution < 1.29 is 9.53 Å². The van der Waals surface area contributed by atoms with Gasteiger partial charge in [-0.2, -0.15) is 0 Å². The number of ether oxygens (including phenoxy) is 1. The SMILES string of the molecule is COc1cc(N)c(Cl)cc1C(=O)NC1CCCC1c1ccccc1. The minimum atomic E-state index is -0.179. The number of amides is 1. The Morgan fingerprint density at radius 3 is 2.71 bits per heavy atom. The second-order valence-electron chi connectivity index (χ2n) is 6.10. The van der Waals surface area contributed by atoms with Crippen LogP contribution < -0.4 is 15.8 Å². The van der Waals surface area contributed by atoms with Crippen LogP contribution in [0.2, 0.25) is 5.02 Å². The summed E-state index contributed by atoms with van der Waals surface area (Å²) in [6.45, 7) is 0. The first-order chi connectivity index (χ1) is 11.6. The Hall–Kier alpha value is -2.20. The Balaban J connectivity index is 1.81. The maximum Gasteiger partial charge on any atom is 0.255 e. The van der Waals surface area contributed by atoms with Crippen LogP contribution in [0.5, 0.6) is 5.75 Å². The molecule has 0 aromatic heterocycles. The number of carbonyl (C=O) groups excluding carboxylic acids is 1. The number of nitrogens with two attached hydrogens (primary N) is 1. The van der Waals surface area contributed by atoms with Gasteiger partial charge >= 0.3 is 0 Å². The van der Waals surface area contributed by atoms with E-state index in [0.717, 1.165) is 19.3 Å². The number of anilines is 1. The predicted molar refractivity (Wildman–Crippen MR) is 96.7 cm³/mol. The molecule has 1 amide bonds. The highest BCUT2D eigenvalue weighted by Gasteiger charge is 2.30. The molecule has 0 saturated heterocycles. The molecule has 1 aliphatic carbocycles. The Kier molecular flexibility index (Phi) is 4.95. The summed E-state index contributed by atoms with van der Waals surface area (Å²) in [6, 6.07) is 13.6. The predicted octanol–water partition coefficient (Wildman–Crippen LogP) is 4.00. The number of hydrogen-bond donors (Lipinski definition) is 2. The first-order valence-corrected chi connectivity index (χ1v) is 8.46. The molecule has 0 bridgehead atoms. The molecule has 0 aliphatic heterocycles. The molecule has 2 atom stereocenters. The normalized spacial score (nSPS) is 19.9. The van der Waals surface area contributed by atoms with Crippen molar-refractivity contribution in [2.75, 3.05) is 12.8 Å². The van der Waals surface area contributed by atoms with Crippen LogP contribution in [0.4, 0.5) is 5.69 Å². The smallest absolute Gasteiger partial charge is 0.255 e. The number of nitrogen functional groups attached to an aromatic ring is 1. The van der Waals surface area contributed by atoms with E-state index >= 15 is 0 Å². The minimum absolute atomic E-state index is 0.112. The zero-order chi connectivity index (χ0) is 17.1. The molecule has 5 heteroatoms. The molecule has 0 heterocycles. The topological polar surface area (TPSA) is 64.3 Å². The minimum Gasteiger partial charge on any atom is -0.496 e. The molecule has 126 valence electrons. The van der Waals surface area contributed by atoms with E-state index in [1.165, 1.54) is 12.7 Å². The molecule has 24 heavy (non-hydrogen) atoms. The van der Waals surface area contributed by atoms with Crippen LogP contribution in [-0.2, 0) is 0 Å². The summed E-state index contributed by atoms with van der Waals surface area (Å²) >= 11 is 6.07. The maximum atomic E-state index is 12.7. The van der Waals surface area contributed by atoms with E-state index in [1.807, 2.05) is 18.2 Å². The Morgan fingerprint density at radius 1 is 1.25 bits per heavy atom. The lowest BCUT2D eigenvalue weighted by Gasteiger charge is -2.22. The van der Waals surface area contributed by atoms with Crippen molar-refractivity contribution in [1.29, 1.82) is 0 Å². The van der Waals surface area contributed by atoms with E-state index in [1.54, 1.807) is 12.1 Å². The number of benzene rings is 2. The second-order valence-corrected chi connectivity index (χ2v) is 6.51. The Morgan fingerprint density at radius 2 is 2.00 bits per heavy atom. The Labute approximate surface area is 147 Å². The maximum absolute atomic E-state index is 12.7. The number of halogens is 1. The molecule has 0 radical (unpaired) electrons. The average Bonchev–Trinajstić information content (AvgIpc) is 3.05. The van der Waals surface area contributed by atoms with Crippen molar-refractivity contribution in [3.8, 4) is 5.75 Å². The lowest BCUT2D eigenvalue weighted by atomic mass is 9.94. The molecular formula is C19H21ClN2O2. The lowest BCUT2D eigenvalue weighted by Crippen LogP contribution is -2.36. The fourth-order valence-electron chi connectivity index (χ4n) is 3.39. The van der Waals surface area contributed by atoms with Crippen LogP contribution in [0.1, 0.15) is 41.1 Å². The summed E-state index contributed by atoms with van der Waals surface area (Å²) < 4.78 is 5.28. The van der Waals surface area contributed by atoms with Crippen molar-refractivity contribution in [3.63, 3.8) is 0 Å². The van der Waals surface area contributed by atoms with Gasteiger partial charge in [-0.05, 0) is 24.5 Å². The van der Waals surface area contributed by atoms with Gasteiger partial charge in [0.2, 0.25) is 0 Å². The van der Waals surface area contributed by atoms with Gasteiger partial charge in [-0.3, -0.25) is 4.79 Å². The molecule has 1 fully saturated rings. The Bertz CT molecular complexity index is 734. The summed E-state index contributed by atoms with van der Waals surface area (Å²) in [5.41, 5.74) is 7.86. The molecule has 0 spiro atoms. The highest BCUT2D eigenvalue weighted by Crippen LogP contribution is 2.35. The van der Waals surface area contributed by atoms with E-state index in [9.17, 15) is 4.79 Å². The lowest BCUT2D eigenvalue weighted by molar-refractivity contribution is 0.0931. The van der Waals surface area contributed by atoms with Crippen molar-refractivity contribution in [3.05, 3.63) is 58.6 Å². The van der Waals surface area contributed by atoms with Gasteiger partial charge in [-0.25, -0.2) is 0 Å². The van der Waals surface area contributed by atoms with Crippen molar-refractivity contribution >= 4 is 23.2 Å². The number of methoxy groups -OCH3 is 1. The number of rotatable bonds is 4. The van der Waals surface area contributed by atoms with Crippen LogP contribution in [0.3, 0.4) is 0 Å². The third-order valence-corrected chi connectivity index (χ3v) is 4.95. The summed E-state index contributed by atoms with van der Waals surface area (Å²) in [5.74, 6) is 0.593. The van der Waals surface area contributed by atoms with Crippen molar-refractivity contribution in [2.45, 2.75) is 31.2 Å². The number of nitrogens with one attached hydrogen (secondary N) is 1. The average molecular weight is 345 g/mol.